The van der Waals surface area contributed by atoms with E-state index in [0.29, 0.717) is 6.42 Å². The van der Waals surface area contributed by atoms with Crippen molar-refractivity contribution in [2.75, 3.05) is 46.6 Å². The number of methoxy groups -OCH3 is 1. The quantitative estimate of drug-likeness (QED) is 0.528. The number of nitrogens with zero attached hydrogens (tertiary/aromatic N) is 2. The lowest BCUT2D eigenvalue weighted by molar-refractivity contribution is -0.161. The number of carbonyl (C=O) groups excluding carboxylic acids is 1. The van der Waals surface area contributed by atoms with E-state index in [1.54, 1.807) is 31.1 Å². The summed E-state index contributed by atoms with van der Waals surface area (Å²) < 4.78 is 17.1. The minimum absolute atomic E-state index is 0.379. The summed E-state index contributed by atoms with van der Waals surface area (Å²) >= 11 is 1.64. The number of carbonyl (C=O) groups is 1. The lowest BCUT2D eigenvalue weighted by Gasteiger charge is -2.18. The third-order valence-electron chi connectivity index (χ3n) is 4.56. The number of hydrogen-bond acceptors (Lipinski definition) is 8. The summed E-state index contributed by atoms with van der Waals surface area (Å²) in [5, 5.41) is 10.8. The lowest BCUT2D eigenvalue weighted by Crippen LogP contribution is -2.37. The van der Waals surface area contributed by atoms with Crippen LogP contribution in [-0.2, 0) is 15.9 Å². The number of aromatic nitrogens is 1. The molecule has 29 heavy (non-hydrogen) atoms. The molecule has 9 heteroatoms. The smallest absolute Gasteiger partial charge is 0.420 e. The Balaban J connectivity index is 2.08. The highest BCUT2D eigenvalue weighted by molar-refractivity contribution is 7.98. The molecule has 0 radical (unpaired) electrons. The Labute approximate surface area is 175 Å². The molecule has 0 amide bonds. The molecular formula is C20H31N3O5S. The molecule has 0 fully saturated rings. The van der Waals surface area contributed by atoms with Gasteiger partial charge in [0.2, 0.25) is 0 Å². The normalized spacial score (nSPS) is 13.6. The predicted octanol–water partition coefficient (Wildman–Crippen LogP) is 2.11. The van der Waals surface area contributed by atoms with Crippen LogP contribution in [0, 0.1) is 0 Å². The van der Waals surface area contributed by atoms with E-state index >= 15 is 0 Å². The van der Waals surface area contributed by atoms with Crippen molar-refractivity contribution in [3.8, 4) is 5.75 Å². The molecule has 0 aliphatic carbocycles. The van der Waals surface area contributed by atoms with Crippen molar-refractivity contribution in [1.29, 1.82) is 0 Å². The molecule has 0 aliphatic rings. The van der Waals surface area contributed by atoms with Crippen LogP contribution in [0.5, 0.6) is 5.75 Å². The first-order chi connectivity index (χ1) is 13.9. The third kappa shape index (κ3) is 6.61. The summed E-state index contributed by atoms with van der Waals surface area (Å²) in [4.78, 5) is 14.7. The highest BCUT2D eigenvalue weighted by Gasteiger charge is 2.18. The van der Waals surface area contributed by atoms with Crippen LogP contribution >= 0.6 is 11.8 Å². The number of aliphatic hydroxyl groups is 1. The number of ether oxygens (including phenoxy) is 3. The van der Waals surface area contributed by atoms with E-state index in [1.807, 2.05) is 32.5 Å². The second kappa shape index (κ2) is 11.4. The second-order valence-corrected chi connectivity index (χ2v) is 7.98. The number of likely N-dealkylation sites (N-methyl/N-ethyl adjacent to an activating group) is 1. The molecule has 162 valence electrons. The maximum Gasteiger partial charge on any atom is 0.420 e. The van der Waals surface area contributed by atoms with Crippen LogP contribution < -0.4 is 10.5 Å². The molecule has 3 N–H and O–H groups in total. The summed E-state index contributed by atoms with van der Waals surface area (Å²) in [6, 6.07) is 5.00. The topological polar surface area (TPSA) is 99.2 Å². The number of thioether (sulfide) groups is 1. The fraction of sp³-hybridized carbons (Fsp3) is 0.550. The first-order valence-electron chi connectivity index (χ1n) is 9.41. The molecule has 0 spiro atoms. The van der Waals surface area contributed by atoms with E-state index in [2.05, 4.69) is 4.90 Å². The van der Waals surface area contributed by atoms with Crippen molar-refractivity contribution < 1.29 is 24.1 Å². The van der Waals surface area contributed by atoms with E-state index in [4.69, 9.17) is 19.9 Å². The van der Waals surface area contributed by atoms with Gasteiger partial charge in [0.1, 0.15) is 5.75 Å². The average Bonchev–Trinajstić information content (AvgIpc) is 3.08. The maximum atomic E-state index is 12.6. The molecule has 2 rings (SSSR count). The Morgan fingerprint density at radius 1 is 1.38 bits per heavy atom. The van der Waals surface area contributed by atoms with Gasteiger partial charge in [0.05, 0.1) is 18.7 Å². The standard InChI is InChI=1S/C20H31N3O5S/c1-22(2)9-7-14-12-23(18-6-5-15(26-3)11-16(14)18)20(25)28-13-27-19(24)17(21)8-10-29-4/h5-6,11-12,17,19,24H,7-10,13,21H2,1-4H3. The van der Waals surface area contributed by atoms with Crippen LogP contribution in [0.4, 0.5) is 4.79 Å². The summed E-state index contributed by atoms with van der Waals surface area (Å²) in [7, 11) is 5.61. The van der Waals surface area contributed by atoms with Gasteiger partial charge in [-0.1, -0.05) is 0 Å². The van der Waals surface area contributed by atoms with Gasteiger partial charge in [0, 0.05) is 18.1 Å². The van der Waals surface area contributed by atoms with Gasteiger partial charge in [-0.3, -0.25) is 4.57 Å². The molecule has 1 aromatic heterocycles. The molecule has 1 heterocycles. The van der Waals surface area contributed by atoms with Crippen molar-refractivity contribution >= 4 is 28.8 Å². The molecule has 2 unspecified atom stereocenters. The Hall–Kier alpha value is -1.78. The van der Waals surface area contributed by atoms with Crippen molar-refractivity contribution in [1.82, 2.24) is 9.47 Å². The zero-order chi connectivity index (χ0) is 21.4. The number of benzene rings is 1. The number of aliphatic hydroxyl groups excluding tert-OH is 1. The van der Waals surface area contributed by atoms with E-state index in [9.17, 15) is 9.90 Å². The monoisotopic (exact) mass is 425 g/mol. The van der Waals surface area contributed by atoms with Gasteiger partial charge in [0.15, 0.2) is 13.1 Å². The first-order valence-corrected chi connectivity index (χ1v) is 10.8. The molecule has 1 aromatic carbocycles. The SMILES string of the molecule is COc1ccc2c(c1)c(CCN(C)C)cn2C(=O)OCOC(O)C(N)CCSC. The molecular weight excluding hydrogens is 394 g/mol. The molecule has 0 saturated heterocycles. The second-order valence-electron chi connectivity index (χ2n) is 6.99. The molecule has 2 atom stereocenters. The number of nitrogens with two attached hydrogens (primary N) is 1. The summed E-state index contributed by atoms with van der Waals surface area (Å²) in [5.74, 6) is 1.54. The Morgan fingerprint density at radius 3 is 2.79 bits per heavy atom. The lowest BCUT2D eigenvalue weighted by atomic mass is 10.1. The van der Waals surface area contributed by atoms with E-state index in [1.165, 1.54) is 4.57 Å². The minimum atomic E-state index is -1.18. The van der Waals surface area contributed by atoms with Crippen molar-refractivity contribution in [3.05, 3.63) is 30.0 Å². The fourth-order valence-electron chi connectivity index (χ4n) is 2.84. The number of hydrogen-bond donors (Lipinski definition) is 2. The Morgan fingerprint density at radius 2 is 2.14 bits per heavy atom. The Kier molecular flexibility index (Phi) is 9.25. The molecule has 2 aromatic rings. The van der Waals surface area contributed by atoms with Gasteiger partial charge in [-0.15, -0.1) is 0 Å². The first kappa shape index (κ1) is 23.5. The van der Waals surface area contributed by atoms with E-state index < -0.39 is 18.4 Å². The van der Waals surface area contributed by atoms with Gasteiger partial charge in [-0.25, -0.2) is 4.79 Å². The fourth-order valence-corrected chi connectivity index (χ4v) is 3.35. The van der Waals surface area contributed by atoms with Crippen molar-refractivity contribution in [2.45, 2.75) is 25.2 Å². The third-order valence-corrected chi connectivity index (χ3v) is 5.21. The molecule has 0 saturated carbocycles. The van der Waals surface area contributed by atoms with E-state index in [-0.39, 0.29) is 6.79 Å². The van der Waals surface area contributed by atoms with Gasteiger partial charge in [-0.2, -0.15) is 11.8 Å². The van der Waals surface area contributed by atoms with E-state index in [0.717, 1.165) is 40.9 Å². The van der Waals surface area contributed by atoms with Crippen LogP contribution in [0.25, 0.3) is 10.9 Å². The van der Waals surface area contributed by atoms with Crippen LogP contribution in [-0.4, -0.2) is 79.6 Å². The average molecular weight is 426 g/mol. The van der Waals surface area contributed by atoms with Crippen molar-refractivity contribution in [3.63, 3.8) is 0 Å². The largest absolute Gasteiger partial charge is 0.497 e. The van der Waals surface area contributed by atoms with Crippen molar-refractivity contribution in [2.24, 2.45) is 5.73 Å². The zero-order valence-electron chi connectivity index (χ0n) is 17.5. The molecule has 8 nitrogen and oxygen atoms in total. The van der Waals surface area contributed by atoms with Crippen LogP contribution in [0.2, 0.25) is 0 Å². The van der Waals surface area contributed by atoms with Gasteiger partial charge < -0.3 is 30.0 Å². The minimum Gasteiger partial charge on any atom is -0.497 e. The number of rotatable bonds is 11. The molecule has 0 bridgehead atoms. The van der Waals surface area contributed by atoms with Gasteiger partial charge in [-0.05, 0) is 62.7 Å². The zero-order valence-corrected chi connectivity index (χ0v) is 18.3. The highest BCUT2D eigenvalue weighted by Crippen LogP contribution is 2.27. The Bertz CT molecular complexity index is 796. The van der Waals surface area contributed by atoms with Gasteiger partial charge in [0.25, 0.3) is 0 Å². The van der Waals surface area contributed by atoms with Crippen LogP contribution in [0.15, 0.2) is 24.4 Å². The summed E-state index contributed by atoms with van der Waals surface area (Å²) in [6.07, 6.45) is 3.35. The predicted molar refractivity (Wildman–Crippen MR) is 116 cm³/mol. The summed E-state index contributed by atoms with van der Waals surface area (Å²) in [5.41, 5.74) is 7.59. The molecule has 0 aliphatic heterocycles. The highest BCUT2D eigenvalue weighted by atomic mass is 32.2. The van der Waals surface area contributed by atoms with Gasteiger partial charge >= 0.3 is 6.09 Å². The van der Waals surface area contributed by atoms with Crippen LogP contribution in [0.1, 0.15) is 12.0 Å². The summed E-state index contributed by atoms with van der Waals surface area (Å²) in [6.45, 7) is 0.463. The van der Waals surface area contributed by atoms with Crippen LogP contribution in [0.3, 0.4) is 0 Å². The maximum absolute atomic E-state index is 12.6. The number of fused-ring (bicyclic) bond motifs is 1.